The number of hydrogen-bond acceptors (Lipinski definition) is 5. The Hall–Kier alpha value is -4.15. The summed E-state index contributed by atoms with van der Waals surface area (Å²) in [7, 11) is -4.19. The van der Waals surface area contributed by atoms with Crippen molar-refractivity contribution < 1.29 is 22.7 Å². The molecule has 8 nitrogen and oxygen atoms in total. The average Bonchev–Trinajstić information content (AvgIpc) is 3.06. The van der Waals surface area contributed by atoms with Crippen LogP contribution in [-0.4, -0.2) is 50.9 Å². The highest BCUT2D eigenvalue weighted by molar-refractivity contribution is 9.10. The maximum Gasteiger partial charge on any atom is 0.264 e. The summed E-state index contributed by atoms with van der Waals surface area (Å²) in [4.78, 5) is 29.9. The van der Waals surface area contributed by atoms with Crippen molar-refractivity contribution in [1.29, 1.82) is 0 Å². The molecular formula is C36H40BrN3O5S. The molecule has 1 atom stereocenters. The molecule has 4 aromatic rings. The van der Waals surface area contributed by atoms with Gasteiger partial charge in [-0.25, -0.2) is 8.42 Å². The minimum Gasteiger partial charge on any atom is -0.494 e. The van der Waals surface area contributed by atoms with E-state index in [2.05, 4.69) is 21.2 Å². The summed E-state index contributed by atoms with van der Waals surface area (Å²) in [5.41, 5.74) is 2.01. The van der Waals surface area contributed by atoms with E-state index < -0.39 is 28.5 Å². The number of anilines is 1. The number of carbonyl (C=O) groups excluding carboxylic acids is 2. The van der Waals surface area contributed by atoms with Crippen molar-refractivity contribution in [2.45, 2.75) is 50.6 Å². The zero-order valence-corrected chi connectivity index (χ0v) is 28.5. The van der Waals surface area contributed by atoms with Crippen LogP contribution in [0.5, 0.6) is 5.75 Å². The molecule has 10 heteroatoms. The summed E-state index contributed by atoms with van der Waals surface area (Å²) in [6.07, 6.45) is 1.96. The van der Waals surface area contributed by atoms with Gasteiger partial charge in [-0.05, 0) is 73.0 Å². The Morgan fingerprint density at radius 1 is 0.848 bits per heavy atom. The second-order valence-corrected chi connectivity index (χ2v) is 13.5. The Kier molecular flexibility index (Phi) is 12.8. The van der Waals surface area contributed by atoms with Gasteiger partial charge in [0.25, 0.3) is 10.0 Å². The Bertz CT molecular complexity index is 1670. The lowest BCUT2D eigenvalue weighted by Crippen LogP contribution is -2.53. The molecule has 2 amide bonds. The Morgan fingerprint density at radius 3 is 2.13 bits per heavy atom. The largest absolute Gasteiger partial charge is 0.494 e. The number of sulfonamides is 1. The van der Waals surface area contributed by atoms with Crippen molar-refractivity contribution in [3.63, 3.8) is 0 Å². The number of carbonyl (C=O) groups is 2. The van der Waals surface area contributed by atoms with E-state index in [-0.39, 0.29) is 23.8 Å². The first-order valence-electron chi connectivity index (χ1n) is 15.4. The maximum atomic E-state index is 14.5. The normalized spacial score (nSPS) is 11.8. The maximum absolute atomic E-state index is 14.5. The molecule has 4 rings (SSSR count). The lowest BCUT2D eigenvalue weighted by molar-refractivity contribution is -0.140. The van der Waals surface area contributed by atoms with Gasteiger partial charge in [0.2, 0.25) is 11.8 Å². The standard InChI is InChI=1S/C36H40BrN3O5S/c1-3-5-23-38-36(42)34(25-28-13-8-6-9-14-28)39(26-29-15-12-16-30(37)24-29)35(41)27-40(31-17-10-7-11-18-31)46(43,44)33-21-19-32(20-22-33)45-4-2/h6-22,24,34H,3-5,23,25-27H2,1-2H3,(H,38,42)/t34-/m0/s1. The summed E-state index contributed by atoms with van der Waals surface area (Å²) in [5, 5.41) is 3.01. The minimum atomic E-state index is -4.19. The number of para-hydroxylation sites is 1. The molecule has 0 fully saturated rings. The van der Waals surface area contributed by atoms with Gasteiger partial charge in [0.05, 0.1) is 17.2 Å². The zero-order chi connectivity index (χ0) is 32.9. The van der Waals surface area contributed by atoms with Crippen LogP contribution in [0.15, 0.2) is 119 Å². The highest BCUT2D eigenvalue weighted by atomic mass is 79.9. The van der Waals surface area contributed by atoms with Crippen LogP contribution < -0.4 is 14.4 Å². The fourth-order valence-corrected chi connectivity index (χ4v) is 6.88. The van der Waals surface area contributed by atoms with Crippen LogP contribution in [-0.2, 0) is 32.6 Å². The van der Waals surface area contributed by atoms with E-state index >= 15 is 0 Å². The lowest BCUT2D eigenvalue weighted by atomic mass is 10.0. The lowest BCUT2D eigenvalue weighted by Gasteiger charge is -2.34. The van der Waals surface area contributed by atoms with Crippen LogP contribution in [0.2, 0.25) is 0 Å². The fraction of sp³-hybridized carbons (Fsp3) is 0.278. The quantitative estimate of drug-likeness (QED) is 0.133. The van der Waals surface area contributed by atoms with Crippen molar-refractivity contribution in [3.8, 4) is 5.75 Å². The van der Waals surface area contributed by atoms with Crippen LogP contribution in [0, 0.1) is 0 Å². The molecule has 0 heterocycles. The van der Waals surface area contributed by atoms with Crippen molar-refractivity contribution in [3.05, 3.63) is 125 Å². The summed E-state index contributed by atoms with van der Waals surface area (Å²) in [6, 6.07) is 30.8. The molecule has 0 spiro atoms. The average molecular weight is 707 g/mol. The molecule has 0 aliphatic rings. The molecule has 0 saturated carbocycles. The zero-order valence-electron chi connectivity index (χ0n) is 26.1. The third-order valence-electron chi connectivity index (χ3n) is 7.39. The first-order valence-corrected chi connectivity index (χ1v) is 17.6. The van der Waals surface area contributed by atoms with Crippen LogP contribution in [0.4, 0.5) is 5.69 Å². The van der Waals surface area contributed by atoms with E-state index in [1.54, 1.807) is 42.5 Å². The van der Waals surface area contributed by atoms with Gasteiger partial charge in [-0.2, -0.15) is 0 Å². The van der Waals surface area contributed by atoms with Gasteiger partial charge in [-0.3, -0.25) is 13.9 Å². The van der Waals surface area contributed by atoms with Crippen LogP contribution in [0.3, 0.4) is 0 Å². The number of nitrogens with zero attached hydrogens (tertiary/aromatic N) is 2. The highest BCUT2D eigenvalue weighted by Crippen LogP contribution is 2.26. The van der Waals surface area contributed by atoms with E-state index in [0.29, 0.717) is 24.6 Å². The molecule has 4 aromatic carbocycles. The van der Waals surface area contributed by atoms with E-state index in [0.717, 1.165) is 32.7 Å². The predicted octanol–water partition coefficient (Wildman–Crippen LogP) is 6.60. The van der Waals surface area contributed by atoms with E-state index in [9.17, 15) is 18.0 Å². The topological polar surface area (TPSA) is 96.0 Å². The Morgan fingerprint density at radius 2 is 1.50 bits per heavy atom. The number of ether oxygens (including phenoxy) is 1. The van der Waals surface area contributed by atoms with Crippen molar-refractivity contribution >= 4 is 43.5 Å². The monoisotopic (exact) mass is 705 g/mol. The minimum absolute atomic E-state index is 0.0179. The van der Waals surface area contributed by atoms with E-state index in [1.807, 2.05) is 68.4 Å². The van der Waals surface area contributed by atoms with Crippen molar-refractivity contribution in [1.82, 2.24) is 10.2 Å². The molecule has 46 heavy (non-hydrogen) atoms. The molecule has 0 radical (unpaired) electrons. The van der Waals surface area contributed by atoms with Crippen LogP contribution >= 0.6 is 15.9 Å². The third-order valence-corrected chi connectivity index (χ3v) is 9.67. The predicted molar refractivity (Wildman–Crippen MR) is 185 cm³/mol. The first kappa shape index (κ1) is 34.7. The number of halogens is 1. The number of benzene rings is 4. The second kappa shape index (κ2) is 17.0. The van der Waals surface area contributed by atoms with Crippen LogP contribution in [0.1, 0.15) is 37.8 Å². The fourth-order valence-electron chi connectivity index (χ4n) is 5.02. The molecule has 0 unspecified atom stereocenters. The smallest absolute Gasteiger partial charge is 0.264 e. The second-order valence-electron chi connectivity index (χ2n) is 10.8. The van der Waals surface area contributed by atoms with Gasteiger partial charge in [0.1, 0.15) is 18.3 Å². The highest BCUT2D eigenvalue weighted by Gasteiger charge is 2.34. The number of unbranched alkanes of at least 4 members (excludes halogenated alkanes) is 1. The molecule has 0 saturated heterocycles. The third kappa shape index (κ3) is 9.43. The van der Waals surface area contributed by atoms with Gasteiger partial charge in [0.15, 0.2) is 0 Å². The number of nitrogens with one attached hydrogen (secondary N) is 1. The van der Waals surface area contributed by atoms with Crippen molar-refractivity contribution in [2.24, 2.45) is 0 Å². The van der Waals surface area contributed by atoms with Gasteiger partial charge in [0, 0.05) is 24.0 Å². The molecule has 242 valence electrons. The first-order chi connectivity index (χ1) is 22.2. The van der Waals surface area contributed by atoms with Gasteiger partial charge >= 0.3 is 0 Å². The van der Waals surface area contributed by atoms with Gasteiger partial charge < -0.3 is 15.0 Å². The number of hydrogen-bond donors (Lipinski definition) is 1. The molecule has 0 aromatic heterocycles. The Balaban J connectivity index is 1.76. The molecule has 0 bridgehead atoms. The van der Waals surface area contributed by atoms with E-state index in [1.165, 1.54) is 17.0 Å². The summed E-state index contributed by atoms with van der Waals surface area (Å²) >= 11 is 3.51. The summed E-state index contributed by atoms with van der Waals surface area (Å²) < 4.78 is 35.8. The molecule has 1 N–H and O–H groups in total. The summed E-state index contributed by atoms with van der Waals surface area (Å²) in [6.45, 7) is 4.40. The van der Waals surface area contributed by atoms with E-state index in [4.69, 9.17) is 4.74 Å². The van der Waals surface area contributed by atoms with Gasteiger partial charge in [-0.15, -0.1) is 0 Å². The SMILES string of the molecule is CCCCNC(=O)[C@H](Cc1ccccc1)N(Cc1cccc(Br)c1)C(=O)CN(c1ccccc1)S(=O)(=O)c1ccc(OCC)cc1. The van der Waals surface area contributed by atoms with Gasteiger partial charge in [-0.1, -0.05) is 89.9 Å². The summed E-state index contributed by atoms with van der Waals surface area (Å²) in [5.74, 6) is -0.256. The molecule has 0 aliphatic carbocycles. The molecular weight excluding hydrogens is 666 g/mol. The number of rotatable bonds is 16. The molecule has 0 aliphatic heterocycles. The van der Waals surface area contributed by atoms with Crippen LogP contribution in [0.25, 0.3) is 0 Å². The number of amides is 2. The Labute approximate surface area is 280 Å². The van der Waals surface area contributed by atoms with Crippen molar-refractivity contribution in [2.75, 3.05) is 24.0 Å².